The zero-order chi connectivity index (χ0) is 21.1. The van der Waals surface area contributed by atoms with E-state index < -0.39 is 0 Å². The molecule has 5 nitrogen and oxygen atoms in total. The number of carbonyl (C=O) groups excluding carboxylic acids is 1. The number of hydrogen-bond acceptors (Lipinski definition) is 3. The molecule has 0 heterocycles. The molecule has 0 unspecified atom stereocenters. The lowest BCUT2D eigenvalue weighted by Gasteiger charge is -2.12. The number of amides is 2. The van der Waals surface area contributed by atoms with Gasteiger partial charge in [-0.05, 0) is 55.2 Å². The van der Waals surface area contributed by atoms with E-state index in [9.17, 15) is 4.79 Å². The molecule has 150 valence electrons. The smallest absolute Gasteiger partial charge is 0.319 e. The molecule has 0 aliphatic carbocycles. The molecule has 0 radical (unpaired) electrons. The third-order valence-electron chi connectivity index (χ3n) is 4.19. The van der Waals surface area contributed by atoms with Crippen molar-refractivity contribution in [3.63, 3.8) is 0 Å². The summed E-state index contributed by atoms with van der Waals surface area (Å²) < 4.78 is 0. The molecular weight excluding hydrogens is 348 g/mol. The molecule has 0 aromatic heterocycles. The fraction of sp³-hybridized carbons (Fsp3) is 0.304. The predicted molar refractivity (Wildman–Crippen MR) is 121 cm³/mol. The highest BCUT2D eigenvalue weighted by molar-refractivity contribution is 6.10. The van der Waals surface area contributed by atoms with Crippen molar-refractivity contribution in [2.75, 3.05) is 12.4 Å². The van der Waals surface area contributed by atoms with E-state index in [0.29, 0.717) is 6.54 Å². The number of rotatable bonds is 5. The Kier molecular flexibility index (Phi) is 9.51. The van der Waals surface area contributed by atoms with Crippen LogP contribution >= 0.6 is 0 Å². The number of nitrogens with two attached hydrogens (primary N) is 1. The zero-order valence-corrected chi connectivity index (χ0v) is 17.8. The molecule has 2 aromatic rings. The Morgan fingerprint density at radius 3 is 2.39 bits per heavy atom. The van der Waals surface area contributed by atoms with E-state index in [1.807, 2.05) is 52.8 Å². The van der Waals surface area contributed by atoms with E-state index in [-0.39, 0.29) is 6.03 Å². The van der Waals surface area contributed by atoms with E-state index in [4.69, 9.17) is 5.73 Å². The summed E-state index contributed by atoms with van der Waals surface area (Å²) in [7, 11) is 1.70. The van der Waals surface area contributed by atoms with Crippen LogP contribution in [0.2, 0.25) is 0 Å². The summed E-state index contributed by atoms with van der Waals surface area (Å²) in [5.74, 6) is 0. The Balaban J connectivity index is 0.00000190. The van der Waals surface area contributed by atoms with Crippen LogP contribution in [0.15, 0.2) is 47.6 Å². The van der Waals surface area contributed by atoms with Gasteiger partial charge in [-0.15, -0.1) is 0 Å². The summed E-state index contributed by atoms with van der Waals surface area (Å²) in [6, 6.07) is 11.7. The highest BCUT2D eigenvalue weighted by Crippen LogP contribution is 2.21. The van der Waals surface area contributed by atoms with Crippen molar-refractivity contribution < 1.29 is 4.79 Å². The van der Waals surface area contributed by atoms with E-state index in [1.165, 1.54) is 11.8 Å². The van der Waals surface area contributed by atoms with Gasteiger partial charge in [0, 0.05) is 37.3 Å². The van der Waals surface area contributed by atoms with Crippen LogP contribution in [-0.4, -0.2) is 19.3 Å². The lowest BCUT2D eigenvalue weighted by molar-refractivity contribution is 0.251. The second-order valence-corrected chi connectivity index (χ2v) is 6.28. The summed E-state index contributed by atoms with van der Waals surface area (Å²) in [5.41, 5.74) is 12.7. The highest BCUT2D eigenvalue weighted by Gasteiger charge is 2.07. The third-order valence-corrected chi connectivity index (χ3v) is 4.19. The van der Waals surface area contributed by atoms with Gasteiger partial charge in [0.2, 0.25) is 0 Å². The largest absolute Gasteiger partial charge is 0.404 e. The first-order valence-corrected chi connectivity index (χ1v) is 9.50. The molecule has 2 aromatic carbocycles. The number of urea groups is 1. The van der Waals surface area contributed by atoms with Gasteiger partial charge in [0.05, 0.1) is 0 Å². The topological polar surface area (TPSA) is 79.5 Å². The van der Waals surface area contributed by atoms with Gasteiger partial charge in [0.1, 0.15) is 0 Å². The molecule has 0 saturated carbocycles. The molecule has 0 fully saturated rings. The molecule has 0 atom stereocenters. The molecule has 0 aliphatic rings. The minimum atomic E-state index is -0.234. The summed E-state index contributed by atoms with van der Waals surface area (Å²) >= 11 is 0. The molecule has 0 saturated heterocycles. The van der Waals surface area contributed by atoms with Gasteiger partial charge in [0.15, 0.2) is 0 Å². The number of aliphatic imine (C=N–C) groups is 1. The fourth-order valence-electron chi connectivity index (χ4n) is 2.75. The molecule has 4 N–H and O–H groups in total. The van der Waals surface area contributed by atoms with Crippen LogP contribution in [0, 0.1) is 20.8 Å². The van der Waals surface area contributed by atoms with Crippen LogP contribution in [-0.2, 0) is 6.54 Å². The minimum absolute atomic E-state index is 0.234. The Hall–Kier alpha value is -3.08. The predicted octanol–water partition coefficient (Wildman–Crippen LogP) is 4.96. The van der Waals surface area contributed by atoms with Gasteiger partial charge in [-0.1, -0.05) is 43.7 Å². The maximum atomic E-state index is 12.2. The summed E-state index contributed by atoms with van der Waals surface area (Å²) in [5, 5.41) is 5.77. The number of nitrogens with zero attached hydrogens (tertiary/aromatic N) is 1. The maximum absolute atomic E-state index is 12.2. The minimum Gasteiger partial charge on any atom is -0.404 e. The van der Waals surface area contributed by atoms with Crippen LogP contribution in [0.1, 0.15) is 41.7 Å². The van der Waals surface area contributed by atoms with Crippen LogP contribution in [0.3, 0.4) is 0 Å². The Labute approximate surface area is 168 Å². The zero-order valence-electron chi connectivity index (χ0n) is 17.8. The van der Waals surface area contributed by atoms with Gasteiger partial charge in [-0.2, -0.15) is 0 Å². The summed E-state index contributed by atoms with van der Waals surface area (Å²) in [6.07, 6.45) is 3.24. The first-order valence-electron chi connectivity index (χ1n) is 9.50. The van der Waals surface area contributed by atoms with E-state index in [2.05, 4.69) is 33.8 Å². The monoisotopic (exact) mass is 380 g/mol. The molecule has 0 bridgehead atoms. The average Bonchev–Trinajstić information content (AvgIpc) is 2.69. The lowest BCUT2D eigenvalue weighted by Crippen LogP contribution is -2.28. The SMILES string of the molecule is CC.CN=C/C(=C\N)c1ccc(NC(=O)NCc2cc(C)ccc2C)cc1C. The number of anilines is 1. The van der Waals surface area contributed by atoms with Crippen molar-refractivity contribution in [1.29, 1.82) is 0 Å². The number of carbonyl (C=O) groups is 1. The quantitative estimate of drug-likeness (QED) is 0.641. The molecule has 2 rings (SSSR count). The van der Waals surface area contributed by atoms with Gasteiger partial charge in [-0.3, -0.25) is 4.99 Å². The van der Waals surface area contributed by atoms with Crippen molar-refractivity contribution in [3.05, 3.63) is 70.4 Å². The van der Waals surface area contributed by atoms with Crippen LogP contribution in [0.4, 0.5) is 10.5 Å². The Morgan fingerprint density at radius 2 is 1.79 bits per heavy atom. The number of benzene rings is 2. The van der Waals surface area contributed by atoms with E-state index >= 15 is 0 Å². The molecule has 5 heteroatoms. The standard InChI is InChI=1S/C21H26N4O.C2H6/c1-14-5-6-15(2)17(9-14)13-24-21(26)25-19-7-8-20(16(3)10-19)18(11-22)12-23-4;1-2/h5-12H,13,22H2,1-4H3,(H2,24,25,26);1-2H3/b18-11+,23-12?;. The fourth-order valence-corrected chi connectivity index (χ4v) is 2.75. The van der Waals surface area contributed by atoms with Crippen LogP contribution < -0.4 is 16.4 Å². The van der Waals surface area contributed by atoms with Crippen LogP contribution in [0.25, 0.3) is 5.57 Å². The lowest BCUT2D eigenvalue weighted by atomic mass is 10.0. The Morgan fingerprint density at radius 1 is 1.07 bits per heavy atom. The molecule has 0 aliphatic heterocycles. The first kappa shape index (κ1) is 23.0. The highest BCUT2D eigenvalue weighted by atomic mass is 16.2. The van der Waals surface area contributed by atoms with E-state index in [0.717, 1.165) is 33.5 Å². The van der Waals surface area contributed by atoms with Gasteiger partial charge in [-0.25, -0.2) is 4.79 Å². The molecular formula is C23H32N4O. The second kappa shape index (κ2) is 11.6. The van der Waals surface area contributed by atoms with E-state index in [1.54, 1.807) is 13.3 Å². The van der Waals surface area contributed by atoms with Crippen molar-refractivity contribution in [3.8, 4) is 0 Å². The number of hydrogen-bond donors (Lipinski definition) is 3. The Bertz CT molecular complexity index is 854. The van der Waals surface area contributed by atoms with Gasteiger partial charge < -0.3 is 16.4 Å². The normalized spacial score (nSPS) is 11.0. The molecule has 2 amide bonds. The van der Waals surface area contributed by atoms with Crippen molar-refractivity contribution in [2.24, 2.45) is 10.7 Å². The van der Waals surface area contributed by atoms with Crippen molar-refractivity contribution in [2.45, 2.75) is 41.2 Å². The summed E-state index contributed by atoms with van der Waals surface area (Å²) in [6.45, 7) is 10.5. The van der Waals surface area contributed by atoms with Crippen LogP contribution in [0.5, 0.6) is 0 Å². The third kappa shape index (κ3) is 6.58. The summed E-state index contributed by atoms with van der Waals surface area (Å²) in [4.78, 5) is 16.2. The number of aryl methyl sites for hydroxylation is 3. The number of allylic oxidation sites excluding steroid dienone is 1. The molecule has 28 heavy (non-hydrogen) atoms. The van der Waals surface area contributed by atoms with Gasteiger partial charge in [0.25, 0.3) is 0 Å². The van der Waals surface area contributed by atoms with Crippen molar-refractivity contribution >= 4 is 23.5 Å². The average molecular weight is 381 g/mol. The second-order valence-electron chi connectivity index (χ2n) is 6.28. The number of nitrogens with one attached hydrogen (secondary N) is 2. The maximum Gasteiger partial charge on any atom is 0.319 e. The van der Waals surface area contributed by atoms with Crippen molar-refractivity contribution in [1.82, 2.24) is 5.32 Å². The van der Waals surface area contributed by atoms with Gasteiger partial charge >= 0.3 is 6.03 Å². The first-order chi connectivity index (χ1) is 13.4. The molecule has 0 spiro atoms.